The molecule has 3 heterocycles. The van der Waals surface area contributed by atoms with Crippen molar-refractivity contribution in [1.29, 1.82) is 0 Å². The third kappa shape index (κ3) is 3.51. The lowest BCUT2D eigenvalue weighted by atomic mass is 9.99. The second-order valence-electron chi connectivity index (χ2n) is 5.98. The van der Waals surface area contributed by atoms with Crippen LogP contribution in [0.1, 0.15) is 79.3 Å². The zero-order chi connectivity index (χ0) is 16.9. The number of nitrogens with one attached hydrogen (secondary N) is 1. The highest BCUT2D eigenvalue weighted by Crippen LogP contribution is 2.30. The van der Waals surface area contributed by atoms with Gasteiger partial charge >= 0.3 is 0 Å². The first-order valence-electron chi connectivity index (χ1n) is 8.51. The standard InChI is InChI=1S/C17H23N3O4/c1-3-11(4-2)13-8-12(24-20-13)9-18-17(21)15-16(23-10-19-15)14-6-5-7-22-14/h8,10-11,14H,3-7,9H2,1-2H3,(H,18,21)/t14-/m0/s1. The third-order valence-corrected chi connectivity index (χ3v) is 4.44. The molecule has 0 radical (unpaired) electrons. The van der Waals surface area contributed by atoms with E-state index in [0.29, 0.717) is 24.0 Å². The molecule has 1 fully saturated rings. The van der Waals surface area contributed by atoms with Crippen LogP contribution in [0.15, 0.2) is 21.4 Å². The van der Waals surface area contributed by atoms with Crippen molar-refractivity contribution >= 4 is 5.91 Å². The van der Waals surface area contributed by atoms with Gasteiger partial charge in [0.05, 0.1) is 12.2 Å². The van der Waals surface area contributed by atoms with Crippen LogP contribution in [0.2, 0.25) is 0 Å². The van der Waals surface area contributed by atoms with E-state index in [4.69, 9.17) is 13.7 Å². The second-order valence-corrected chi connectivity index (χ2v) is 5.98. The zero-order valence-electron chi connectivity index (χ0n) is 14.1. The van der Waals surface area contributed by atoms with Crippen LogP contribution in [0.5, 0.6) is 0 Å². The fraction of sp³-hybridized carbons (Fsp3) is 0.588. The summed E-state index contributed by atoms with van der Waals surface area (Å²) in [4.78, 5) is 16.4. The number of hydrogen-bond acceptors (Lipinski definition) is 6. The molecule has 0 aliphatic carbocycles. The summed E-state index contributed by atoms with van der Waals surface area (Å²) < 4.78 is 16.2. The van der Waals surface area contributed by atoms with Crippen LogP contribution < -0.4 is 5.32 Å². The van der Waals surface area contributed by atoms with Crippen LogP contribution in [-0.4, -0.2) is 22.7 Å². The number of ether oxygens (including phenoxy) is 1. The summed E-state index contributed by atoms with van der Waals surface area (Å²) >= 11 is 0. The van der Waals surface area contributed by atoms with E-state index < -0.39 is 0 Å². The molecule has 0 aromatic carbocycles. The Bertz CT molecular complexity index is 669. The third-order valence-electron chi connectivity index (χ3n) is 4.44. The van der Waals surface area contributed by atoms with Crippen molar-refractivity contribution in [2.75, 3.05) is 6.61 Å². The SMILES string of the molecule is CCC(CC)c1cc(CNC(=O)c2ncoc2[C@@H]2CCCO2)on1. The van der Waals surface area contributed by atoms with Gasteiger partial charge in [-0.1, -0.05) is 19.0 Å². The van der Waals surface area contributed by atoms with Gasteiger partial charge in [-0.3, -0.25) is 4.79 Å². The molecule has 1 aliphatic rings. The van der Waals surface area contributed by atoms with Crippen molar-refractivity contribution in [2.24, 2.45) is 0 Å². The molecule has 1 saturated heterocycles. The van der Waals surface area contributed by atoms with Crippen LogP contribution in [0.25, 0.3) is 0 Å². The maximum Gasteiger partial charge on any atom is 0.274 e. The largest absolute Gasteiger partial charge is 0.445 e. The summed E-state index contributed by atoms with van der Waals surface area (Å²) in [6.07, 6.45) is 4.93. The molecular weight excluding hydrogens is 310 g/mol. The summed E-state index contributed by atoms with van der Waals surface area (Å²) in [5.41, 5.74) is 1.22. The lowest BCUT2D eigenvalue weighted by Crippen LogP contribution is -2.24. The van der Waals surface area contributed by atoms with E-state index in [1.807, 2.05) is 6.07 Å². The fourth-order valence-corrected chi connectivity index (χ4v) is 3.00. The first kappa shape index (κ1) is 16.7. The zero-order valence-corrected chi connectivity index (χ0v) is 14.1. The molecule has 130 valence electrons. The number of carbonyl (C=O) groups excluding carboxylic acids is 1. The average Bonchev–Trinajstić information content (AvgIpc) is 3.33. The molecule has 1 N–H and O–H groups in total. The lowest BCUT2D eigenvalue weighted by molar-refractivity contribution is 0.0858. The van der Waals surface area contributed by atoms with E-state index in [9.17, 15) is 4.79 Å². The van der Waals surface area contributed by atoms with Crippen LogP contribution in [-0.2, 0) is 11.3 Å². The maximum absolute atomic E-state index is 12.4. The number of aromatic nitrogens is 2. The number of carbonyl (C=O) groups is 1. The van der Waals surface area contributed by atoms with E-state index in [1.54, 1.807) is 0 Å². The molecule has 3 rings (SSSR count). The Morgan fingerprint density at radius 3 is 2.96 bits per heavy atom. The molecule has 1 aliphatic heterocycles. The fourth-order valence-electron chi connectivity index (χ4n) is 3.00. The molecule has 2 aromatic heterocycles. The quantitative estimate of drug-likeness (QED) is 0.835. The average molecular weight is 333 g/mol. The van der Waals surface area contributed by atoms with Gasteiger partial charge in [-0.15, -0.1) is 0 Å². The minimum atomic E-state index is -0.297. The van der Waals surface area contributed by atoms with E-state index >= 15 is 0 Å². The Kier molecular flexibility index (Phi) is 5.30. The molecule has 0 unspecified atom stereocenters. The highest BCUT2D eigenvalue weighted by atomic mass is 16.5. The van der Waals surface area contributed by atoms with E-state index in [1.165, 1.54) is 6.39 Å². The Morgan fingerprint density at radius 2 is 2.25 bits per heavy atom. The minimum Gasteiger partial charge on any atom is -0.445 e. The highest BCUT2D eigenvalue weighted by Gasteiger charge is 2.28. The van der Waals surface area contributed by atoms with Gasteiger partial charge in [0.25, 0.3) is 5.91 Å². The summed E-state index contributed by atoms with van der Waals surface area (Å²) in [5.74, 6) is 1.22. The van der Waals surface area contributed by atoms with E-state index in [-0.39, 0.29) is 24.2 Å². The smallest absolute Gasteiger partial charge is 0.274 e. The normalized spacial score (nSPS) is 17.5. The van der Waals surface area contributed by atoms with Crippen molar-refractivity contribution in [3.8, 4) is 0 Å². The number of hydrogen-bond donors (Lipinski definition) is 1. The van der Waals surface area contributed by atoms with Crippen molar-refractivity contribution < 1.29 is 18.5 Å². The summed E-state index contributed by atoms with van der Waals surface area (Å²) in [6, 6.07) is 1.90. The molecule has 1 atom stereocenters. The molecule has 7 nitrogen and oxygen atoms in total. The maximum atomic E-state index is 12.4. The van der Waals surface area contributed by atoms with Crippen molar-refractivity contribution in [3.63, 3.8) is 0 Å². The number of oxazole rings is 1. The minimum absolute atomic E-state index is 0.181. The summed E-state index contributed by atoms with van der Waals surface area (Å²) in [5, 5.41) is 6.90. The van der Waals surface area contributed by atoms with Gasteiger partial charge in [0.2, 0.25) is 0 Å². The monoisotopic (exact) mass is 333 g/mol. The Hall–Kier alpha value is -2.15. The summed E-state index contributed by atoms with van der Waals surface area (Å²) in [7, 11) is 0. The second kappa shape index (κ2) is 7.61. The summed E-state index contributed by atoms with van der Waals surface area (Å²) in [6.45, 7) is 5.20. The van der Waals surface area contributed by atoms with Crippen LogP contribution in [0.3, 0.4) is 0 Å². The predicted octanol–water partition coefficient (Wildman–Crippen LogP) is 3.35. The Balaban J connectivity index is 1.61. The lowest BCUT2D eigenvalue weighted by Gasteiger charge is -2.07. The topological polar surface area (TPSA) is 90.4 Å². The Labute approximate surface area is 140 Å². The molecule has 7 heteroatoms. The van der Waals surface area contributed by atoms with Gasteiger partial charge in [-0.05, 0) is 25.7 Å². The van der Waals surface area contributed by atoms with Gasteiger partial charge in [-0.25, -0.2) is 4.98 Å². The van der Waals surface area contributed by atoms with Gasteiger partial charge in [-0.2, -0.15) is 0 Å². The number of amides is 1. The molecule has 2 aromatic rings. The molecule has 0 spiro atoms. The van der Waals surface area contributed by atoms with Gasteiger partial charge < -0.3 is 19.0 Å². The van der Waals surface area contributed by atoms with Crippen LogP contribution in [0, 0.1) is 0 Å². The predicted molar refractivity (Wildman–Crippen MR) is 85.4 cm³/mol. The van der Waals surface area contributed by atoms with Crippen molar-refractivity contribution in [3.05, 3.63) is 35.4 Å². The first-order valence-corrected chi connectivity index (χ1v) is 8.51. The molecule has 24 heavy (non-hydrogen) atoms. The number of nitrogens with zero attached hydrogens (tertiary/aromatic N) is 2. The number of rotatable bonds is 7. The van der Waals surface area contributed by atoms with Crippen LogP contribution >= 0.6 is 0 Å². The highest BCUT2D eigenvalue weighted by molar-refractivity contribution is 5.93. The van der Waals surface area contributed by atoms with Crippen molar-refractivity contribution in [2.45, 2.75) is 58.1 Å². The van der Waals surface area contributed by atoms with Gasteiger partial charge in [0.1, 0.15) is 6.10 Å². The molecular formula is C17H23N3O4. The molecule has 0 bridgehead atoms. The van der Waals surface area contributed by atoms with Gasteiger partial charge in [0, 0.05) is 18.6 Å². The Morgan fingerprint density at radius 1 is 1.42 bits per heavy atom. The first-order chi connectivity index (χ1) is 11.7. The molecule has 0 saturated carbocycles. The van der Waals surface area contributed by atoms with Crippen LogP contribution in [0.4, 0.5) is 0 Å². The van der Waals surface area contributed by atoms with E-state index in [0.717, 1.165) is 31.4 Å². The van der Waals surface area contributed by atoms with Crippen molar-refractivity contribution in [1.82, 2.24) is 15.5 Å². The molecule has 1 amide bonds. The van der Waals surface area contributed by atoms with Gasteiger partial charge in [0.15, 0.2) is 23.6 Å². The van der Waals surface area contributed by atoms with E-state index in [2.05, 4.69) is 29.3 Å².